The first-order valence-corrected chi connectivity index (χ1v) is 8.58. The molecule has 8 heteroatoms. The molecule has 24 heavy (non-hydrogen) atoms. The third-order valence-electron chi connectivity index (χ3n) is 3.35. The van der Waals surface area contributed by atoms with Crippen molar-refractivity contribution in [1.82, 2.24) is 0 Å². The summed E-state index contributed by atoms with van der Waals surface area (Å²) in [6, 6.07) is 14.0. The number of halogens is 1. The summed E-state index contributed by atoms with van der Waals surface area (Å²) >= 11 is 5.98. The highest BCUT2D eigenvalue weighted by Gasteiger charge is 2.19. The maximum Gasteiger partial charge on any atom is 0.295 e. The maximum atomic E-state index is 11.6. The van der Waals surface area contributed by atoms with E-state index in [1.807, 2.05) is 0 Å². The van der Waals surface area contributed by atoms with E-state index in [2.05, 4.69) is 10.2 Å². The Morgan fingerprint density at radius 2 is 1.46 bits per heavy atom. The highest BCUT2D eigenvalue weighted by Crippen LogP contribution is 2.39. The van der Waals surface area contributed by atoms with Gasteiger partial charge in [0.15, 0.2) is 5.75 Å². The van der Waals surface area contributed by atoms with Gasteiger partial charge in [0.2, 0.25) is 0 Å². The average Bonchev–Trinajstić information content (AvgIpc) is 2.54. The predicted molar refractivity (Wildman–Crippen MR) is 91.1 cm³/mol. The van der Waals surface area contributed by atoms with E-state index in [9.17, 15) is 18.1 Å². The summed E-state index contributed by atoms with van der Waals surface area (Å²) in [6.07, 6.45) is 0. The van der Waals surface area contributed by atoms with Crippen LogP contribution in [0.3, 0.4) is 0 Å². The highest BCUT2D eigenvalue weighted by molar-refractivity contribution is 7.86. The number of azo groups is 1. The fraction of sp³-hybridized carbons (Fsp3) is 0. The Bertz CT molecular complexity index is 1060. The monoisotopic (exact) mass is 362 g/mol. The van der Waals surface area contributed by atoms with Gasteiger partial charge in [-0.05, 0) is 18.2 Å². The molecule has 0 unspecified atom stereocenters. The fourth-order valence-electron chi connectivity index (χ4n) is 2.24. The van der Waals surface area contributed by atoms with Crippen molar-refractivity contribution >= 4 is 43.9 Å². The zero-order valence-electron chi connectivity index (χ0n) is 12.1. The largest absolute Gasteiger partial charge is 0.505 e. The summed E-state index contributed by atoms with van der Waals surface area (Å²) < 4.78 is 32.7. The summed E-state index contributed by atoms with van der Waals surface area (Å²) in [5.41, 5.74) is 0.265. The Hall–Kier alpha value is -2.48. The summed E-state index contributed by atoms with van der Waals surface area (Å²) in [5.74, 6) is -0.242. The number of hydrogen-bond donors (Lipinski definition) is 2. The van der Waals surface area contributed by atoms with Gasteiger partial charge in [0.25, 0.3) is 10.1 Å². The van der Waals surface area contributed by atoms with Gasteiger partial charge in [-0.2, -0.15) is 8.42 Å². The first-order valence-electron chi connectivity index (χ1n) is 6.76. The minimum atomic E-state index is -4.50. The number of phenols is 1. The number of benzene rings is 3. The summed E-state index contributed by atoms with van der Waals surface area (Å²) in [6.45, 7) is 0. The molecule has 0 saturated heterocycles. The molecule has 0 bridgehead atoms. The number of nitrogens with zero attached hydrogens (tertiary/aromatic N) is 2. The van der Waals surface area contributed by atoms with Crippen molar-refractivity contribution in [2.75, 3.05) is 0 Å². The Balaban J connectivity index is 2.22. The summed E-state index contributed by atoms with van der Waals surface area (Å²) in [7, 11) is -4.50. The van der Waals surface area contributed by atoms with Crippen molar-refractivity contribution in [2.24, 2.45) is 10.2 Å². The van der Waals surface area contributed by atoms with Crippen LogP contribution in [0.4, 0.5) is 11.4 Å². The molecular weight excluding hydrogens is 352 g/mol. The molecule has 0 aromatic heterocycles. The molecule has 0 heterocycles. The Morgan fingerprint density at radius 1 is 0.875 bits per heavy atom. The molecule has 3 aromatic rings. The van der Waals surface area contributed by atoms with E-state index in [4.69, 9.17) is 11.6 Å². The molecule has 3 rings (SSSR count). The lowest BCUT2D eigenvalue weighted by Crippen LogP contribution is -1.99. The molecule has 0 amide bonds. The van der Waals surface area contributed by atoms with Crippen molar-refractivity contribution in [2.45, 2.75) is 4.90 Å². The molecule has 0 aliphatic rings. The van der Waals surface area contributed by atoms with Crippen LogP contribution in [0.25, 0.3) is 10.8 Å². The third-order valence-corrected chi connectivity index (χ3v) is 4.57. The Kier molecular flexibility index (Phi) is 4.23. The van der Waals surface area contributed by atoms with Crippen molar-refractivity contribution < 1.29 is 18.1 Å². The lowest BCUT2D eigenvalue weighted by atomic mass is 10.1. The second-order valence-electron chi connectivity index (χ2n) is 4.91. The number of phenolic OH excluding ortho intramolecular Hbond substituents is 1. The van der Waals surface area contributed by atoms with Gasteiger partial charge in [0.05, 0.1) is 5.02 Å². The molecule has 0 aliphatic carbocycles. The lowest BCUT2D eigenvalue weighted by molar-refractivity contribution is 0.480. The first kappa shape index (κ1) is 16.4. The van der Waals surface area contributed by atoms with Crippen LogP contribution in [0.5, 0.6) is 5.75 Å². The van der Waals surface area contributed by atoms with Crippen LogP contribution >= 0.6 is 11.6 Å². The Labute approximate surface area is 142 Å². The highest BCUT2D eigenvalue weighted by atomic mass is 35.5. The number of hydrogen-bond acceptors (Lipinski definition) is 5. The molecule has 0 radical (unpaired) electrons. The maximum absolute atomic E-state index is 11.6. The standard InChI is InChI=1S/C16H11ClN2O4S/c17-12-7-3-4-8-13(12)18-19-14-9-15(24(21,22)23)10-5-1-2-6-11(10)16(14)20/h1-9,20H,(H,21,22,23). The second-order valence-corrected chi connectivity index (χ2v) is 6.71. The lowest BCUT2D eigenvalue weighted by Gasteiger charge is -2.08. The molecule has 0 aliphatic heterocycles. The minimum Gasteiger partial charge on any atom is -0.505 e. The molecule has 0 atom stereocenters. The van der Waals surface area contributed by atoms with Crippen LogP contribution in [0.15, 0.2) is 69.7 Å². The molecule has 0 spiro atoms. The van der Waals surface area contributed by atoms with Crippen molar-refractivity contribution in [1.29, 1.82) is 0 Å². The third kappa shape index (κ3) is 3.09. The van der Waals surface area contributed by atoms with Gasteiger partial charge in [0.1, 0.15) is 16.3 Å². The normalized spacial score (nSPS) is 12.1. The van der Waals surface area contributed by atoms with E-state index >= 15 is 0 Å². The summed E-state index contributed by atoms with van der Waals surface area (Å²) in [4.78, 5) is -0.357. The Morgan fingerprint density at radius 3 is 2.12 bits per heavy atom. The molecule has 3 aromatic carbocycles. The quantitative estimate of drug-likeness (QED) is 0.513. The SMILES string of the molecule is O=S(=O)(O)c1cc(N=Nc2ccccc2Cl)c(O)c2ccccc12. The second kappa shape index (κ2) is 6.20. The molecule has 0 fully saturated rings. The fourth-order valence-corrected chi connectivity index (χ4v) is 3.13. The van der Waals surface area contributed by atoms with Gasteiger partial charge < -0.3 is 5.11 Å². The van der Waals surface area contributed by atoms with E-state index < -0.39 is 10.1 Å². The van der Waals surface area contributed by atoms with Crippen LogP contribution in [0, 0.1) is 0 Å². The first-order chi connectivity index (χ1) is 11.4. The molecule has 2 N–H and O–H groups in total. The van der Waals surface area contributed by atoms with Gasteiger partial charge in [-0.3, -0.25) is 4.55 Å². The number of rotatable bonds is 3. The van der Waals surface area contributed by atoms with Crippen LogP contribution in [-0.2, 0) is 10.1 Å². The van der Waals surface area contributed by atoms with Gasteiger partial charge >= 0.3 is 0 Å². The van der Waals surface area contributed by atoms with E-state index in [1.165, 1.54) is 12.1 Å². The van der Waals surface area contributed by atoms with E-state index in [0.29, 0.717) is 10.7 Å². The molecule has 122 valence electrons. The van der Waals surface area contributed by atoms with Crippen molar-refractivity contribution in [3.05, 3.63) is 59.6 Å². The van der Waals surface area contributed by atoms with Crippen LogP contribution in [0.1, 0.15) is 0 Å². The average molecular weight is 363 g/mol. The molecular formula is C16H11ClN2O4S. The van der Waals surface area contributed by atoms with E-state index in [-0.39, 0.29) is 27.1 Å². The zero-order valence-corrected chi connectivity index (χ0v) is 13.7. The van der Waals surface area contributed by atoms with Crippen LogP contribution in [0.2, 0.25) is 5.02 Å². The number of fused-ring (bicyclic) bond motifs is 1. The number of aromatic hydroxyl groups is 1. The zero-order chi connectivity index (χ0) is 17.3. The van der Waals surface area contributed by atoms with Gasteiger partial charge in [-0.1, -0.05) is 48.0 Å². The topological polar surface area (TPSA) is 99.3 Å². The van der Waals surface area contributed by atoms with E-state index in [1.54, 1.807) is 36.4 Å². The smallest absolute Gasteiger partial charge is 0.295 e. The van der Waals surface area contributed by atoms with Gasteiger partial charge in [0, 0.05) is 10.8 Å². The van der Waals surface area contributed by atoms with Gasteiger partial charge in [-0.15, -0.1) is 10.2 Å². The van der Waals surface area contributed by atoms with Crippen LogP contribution < -0.4 is 0 Å². The van der Waals surface area contributed by atoms with Crippen LogP contribution in [-0.4, -0.2) is 18.1 Å². The van der Waals surface area contributed by atoms with E-state index in [0.717, 1.165) is 6.07 Å². The predicted octanol–water partition coefficient (Wildman–Crippen LogP) is 4.86. The summed E-state index contributed by atoms with van der Waals surface area (Å²) in [5, 5.41) is 18.9. The molecule has 0 saturated carbocycles. The van der Waals surface area contributed by atoms with Crippen molar-refractivity contribution in [3.8, 4) is 5.75 Å². The molecule has 6 nitrogen and oxygen atoms in total. The van der Waals surface area contributed by atoms with Crippen molar-refractivity contribution in [3.63, 3.8) is 0 Å². The minimum absolute atomic E-state index is 0.0961. The van der Waals surface area contributed by atoms with Gasteiger partial charge in [-0.25, -0.2) is 0 Å².